The van der Waals surface area contributed by atoms with E-state index in [1.165, 1.54) is 19.3 Å². The smallest absolute Gasteiger partial charge is 0.127 e. The van der Waals surface area contributed by atoms with Crippen LogP contribution in [0.15, 0.2) is 18.2 Å². The van der Waals surface area contributed by atoms with Crippen LogP contribution in [0.25, 0.3) is 11.0 Å². The number of nitrogens with zero attached hydrogens (tertiary/aromatic N) is 2. The lowest BCUT2D eigenvalue weighted by Crippen LogP contribution is -2.33. The molecule has 1 aromatic carbocycles. The molecule has 1 aromatic heterocycles. The second-order valence-electron chi connectivity index (χ2n) is 6.35. The molecule has 114 valence electrons. The molecule has 0 amide bonds. The maximum atomic E-state index is 6.43. The molecule has 0 aliphatic carbocycles. The number of rotatable bonds is 3. The number of hydrogen-bond acceptors (Lipinski definition) is 2. The Morgan fingerprint density at radius 2 is 2.24 bits per heavy atom. The Morgan fingerprint density at radius 3 is 2.95 bits per heavy atom. The lowest BCUT2D eigenvalue weighted by molar-refractivity contribution is 0.284. The van der Waals surface area contributed by atoms with Crippen LogP contribution in [0.4, 0.5) is 0 Å². The maximum Gasteiger partial charge on any atom is 0.127 e. The second kappa shape index (κ2) is 5.98. The van der Waals surface area contributed by atoms with Gasteiger partial charge in [0.2, 0.25) is 0 Å². The van der Waals surface area contributed by atoms with Crippen molar-refractivity contribution in [3.8, 4) is 0 Å². The third kappa shape index (κ3) is 2.69. The Hall–Kier alpha value is -1.06. The molecule has 2 aromatic rings. The number of para-hydroxylation sites is 1. The minimum atomic E-state index is 0.342. The quantitative estimate of drug-likeness (QED) is 0.889. The molecule has 2 heterocycles. The summed E-state index contributed by atoms with van der Waals surface area (Å²) in [5, 5.41) is 4.44. The Bertz CT molecular complexity index is 632. The molecule has 1 aliphatic heterocycles. The van der Waals surface area contributed by atoms with Gasteiger partial charge in [0.1, 0.15) is 5.82 Å². The SMILES string of the molecule is CCC1CCNC(c2nc3cccc(Cl)c3n2C(C)C)C1. The summed E-state index contributed by atoms with van der Waals surface area (Å²) >= 11 is 6.43. The van der Waals surface area contributed by atoms with Crippen molar-refractivity contribution in [2.45, 2.75) is 52.1 Å². The first-order valence-electron chi connectivity index (χ1n) is 8.01. The summed E-state index contributed by atoms with van der Waals surface area (Å²) in [7, 11) is 0. The van der Waals surface area contributed by atoms with Gasteiger partial charge in [-0.25, -0.2) is 4.98 Å². The third-order valence-corrected chi connectivity index (χ3v) is 4.91. The van der Waals surface area contributed by atoms with Gasteiger partial charge in [0.05, 0.1) is 22.1 Å². The van der Waals surface area contributed by atoms with Crippen LogP contribution in [-0.2, 0) is 0 Å². The molecule has 2 atom stereocenters. The molecule has 0 spiro atoms. The molecule has 1 aliphatic rings. The van der Waals surface area contributed by atoms with Gasteiger partial charge < -0.3 is 9.88 Å². The zero-order valence-electron chi connectivity index (χ0n) is 13.1. The fourth-order valence-electron chi connectivity index (χ4n) is 3.46. The molecule has 3 rings (SSSR count). The van der Waals surface area contributed by atoms with Crippen molar-refractivity contribution in [1.29, 1.82) is 0 Å². The molecule has 1 fully saturated rings. The van der Waals surface area contributed by atoms with E-state index in [0.717, 1.165) is 34.3 Å². The number of halogens is 1. The van der Waals surface area contributed by atoms with Crippen molar-refractivity contribution < 1.29 is 0 Å². The van der Waals surface area contributed by atoms with Crippen molar-refractivity contribution in [2.75, 3.05) is 6.54 Å². The fraction of sp³-hybridized carbons (Fsp3) is 0.588. The molecule has 0 radical (unpaired) electrons. The van der Waals surface area contributed by atoms with Gasteiger partial charge in [-0.3, -0.25) is 0 Å². The largest absolute Gasteiger partial charge is 0.323 e. The zero-order valence-corrected chi connectivity index (χ0v) is 13.8. The second-order valence-corrected chi connectivity index (χ2v) is 6.75. The maximum absolute atomic E-state index is 6.43. The summed E-state index contributed by atoms with van der Waals surface area (Å²) in [6, 6.07) is 6.69. The minimum absolute atomic E-state index is 0.342. The van der Waals surface area contributed by atoms with Crippen LogP contribution in [-0.4, -0.2) is 16.1 Å². The standard InChI is InChI=1S/C17H24ClN3/c1-4-12-8-9-19-15(10-12)17-20-14-7-5-6-13(18)16(14)21(17)11(2)3/h5-7,11-12,15,19H,4,8-10H2,1-3H3. The number of nitrogens with one attached hydrogen (secondary N) is 1. The van der Waals surface area contributed by atoms with Crippen LogP contribution in [0.2, 0.25) is 5.02 Å². The molecular formula is C17H24ClN3. The summed E-state index contributed by atoms with van der Waals surface area (Å²) in [6.45, 7) is 7.77. The first-order valence-corrected chi connectivity index (χ1v) is 8.39. The Kier molecular flexibility index (Phi) is 4.23. The van der Waals surface area contributed by atoms with E-state index in [-0.39, 0.29) is 0 Å². The molecule has 3 nitrogen and oxygen atoms in total. The minimum Gasteiger partial charge on any atom is -0.323 e. The third-order valence-electron chi connectivity index (χ3n) is 4.61. The average molecular weight is 306 g/mol. The highest BCUT2D eigenvalue weighted by Gasteiger charge is 2.27. The highest BCUT2D eigenvalue weighted by molar-refractivity contribution is 6.35. The molecular weight excluding hydrogens is 282 g/mol. The number of piperidine rings is 1. The Balaban J connectivity index is 2.09. The molecule has 21 heavy (non-hydrogen) atoms. The van der Waals surface area contributed by atoms with Gasteiger partial charge >= 0.3 is 0 Å². The van der Waals surface area contributed by atoms with Crippen molar-refractivity contribution >= 4 is 22.6 Å². The fourth-order valence-corrected chi connectivity index (χ4v) is 3.72. The highest BCUT2D eigenvalue weighted by Crippen LogP contribution is 2.34. The highest BCUT2D eigenvalue weighted by atomic mass is 35.5. The topological polar surface area (TPSA) is 29.9 Å². The van der Waals surface area contributed by atoms with E-state index in [2.05, 4.69) is 36.7 Å². The molecule has 1 N–H and O–H groups in total. The Morgan fingerprint density at radius 1 is 1.43 bits per heavy atom. The molecule has 0 saturated carbocycles. The van der Waals surface area contributed by atoms with Crippen molar-refractivity contribution in [1.82, 2.24) is 14.9 Å². The molecule has 2 unspecified atom stereocenters. The van der Waals surface area contributed by atoms with Crippen LogP contribution in [0, 0.1) is 5.92 Å². The van der Waals surface area contributed by atoms with Gasteiger partial charge in [-0.15, -0.1) is 0 Å². The van der Waals surface area contributed by atoms with Gasteiger partial charge in [-0.05, 0) is 51.3 Å². The summed E-state index contributed by atoms with van der Waals surface area (Å²) < 4.78 is 2.31. The lowest BCUT2D eigenvalue weighted by atomic mass is 9.90. The van der Waals surface area contributed by atoms with E-state index in [4.69, 9.17) is 16.6 Å². The van der Waals surface area contributed by atoms with Crippen LogP contribution < -0.4 is 5.32 Å². The molecule has 0 bridgehead atoms. The lowest BCUT2D eigenvalue weighted by Gasteiger charge is -2.30. The van der Waals surface area contributed by atoms with Gasteiger partial charge in [-0.1, -0.05) is 31.0 Å². The van der Waals surface area contributed by atoms with Crippen LogP contribution >= 0.6 is 11.6 Å². The number of imidazole rings is 1. The van der Waals surface area contributed by atoms with Crippen LogP contribution in [0.5, 0.6) is 0 Å². The summed E-state index contributed by atoms with van der Waals surface area (Å²) in [5.74, 6) is 1.94. The Labute approximate surface area is 131 Å². The van der Waals surface area contributed by atoms with Gasteiger partial charge in [0.15, 0.2) is 0 Å². The average Bonchev–Trinajstić information content (AvgIpc) is 2.88. The predicted octanol–water partition coefficient (Wildman–Crippen LogP) is 4.72. The van der Waals surface area contributed by atoms with Crippen LogP contribution in [0.1, 0.15) is 57.9 Å². The van der Waals surface area contributed by atoms with Crippen LogP contribution in [0.3, 0.4) is 0 Å². The first-order chi connectivity index (χ1) is 10.1. The van der Waals surface area contributed by atoms with E-state index in [0.29, 0.717) is 12.1 Å². The van der Waals surface area contributed by atoms with E-state index in [1.54, 1.807) is 0 Å². The van der Waals surface area contributed by atoms with Crippen molar-refractivity contribution in [3.63, 3.8) is 0 Å². The van der Waals surface area contributed by atoms with Gasteiger partial charge in [-0.2, -0.15) is 0 Å². The van der Waals surface area contributed by atoms with Crippen molar-refractivity contribution in [2.24, 2.45) is 5.92 Å². The predicted molar refractivity (Wildman–Crippen MR) is 88.9 cm³/mol. The summed E-state index contributed by atoms with van der Waals surface area (Å²) in [5.41, 5.74) is 2.08. The summed E-state index contributed by atoms with van der Waals surface area (Å²) in [6.07, 6.45) is 3.70. The number of aromatic nitrogens is 2. The van der Waals surface area contributed by atoms with E-state index in [1.807, 2.05) is 12.1 Å². The normalized spacial score (nSPS) is 23.1. The zero-order chi connectivity index (χ0) is 15.0. The van der Waals surface area contributed by atoms with E-state index < -0.39 is 0 Å². The number of hydrogen-bond donors (Lipinski definition) is 1. The number of benzene rings is 1. The van der Waals surface area contributed by atoms with Gasteiger partial charge in [0, 0.05) is 6.04 Å². The summed E-state index contributed by atoms with van der Waals surface area (Å²) in [4.78, 5) is 4.90. The van der Waals surface area contributed by atoms with Crippen molar-refractivity contribution in [3.05, 3.63) is 29.0 Å². The van der Waals surface area contributed by atoms with E-state index >= 15 is 0 Å². The molecule has 1 saturated heterocycles. The number of fused-ring (bicyclic) bond motifs is 1. The van der Waals surface area contributed by atoms with E-state index in [9.17, 15) is 0 Å². The monoisotopic (exact) mass is 305 g/mol. The van der Waals surface area contributed by atoms with Gasteiger partial charge in [0.25, 0.3) is 0 Å². The molecule has 4 heteroatoms. The first kappa shape index (κ1) is 14.9.